The highest BCUT2D eigenvalue weighted by molar-refractivity contribution is 7.15. The zero-order valence-electron chi connectivity index (χ0n) is 13.4. The number of aryl methyl sites for hydroxylation is 1. The van der Waals surface area contributed by atoms with Crippen molar-refractivity contribution in [3.63, 3.8) is 0 Å². The Morgan fingerprint density at radius 3 is 3.00 bits per heavy atom. The molecule has 1 saturated heterocycles. The predicted molar refractivity (Wildman–Crippen MR) is 87.9 cm³/mol. The molecule has 0 N–H and O–H groups in total. The second-order valence-corrected chi connectivity index (χ2v) is 6.73. The van der Waals surface area contributed by atoms with E-state index in [2.05, 4.69) is 20.1 Å². The molecule has 24 heavy (non-hydrogen) atoms. The third-order valence-electron chi connectivity index (χ3n) is 4.11. The van der Waals surface area contributed by atoms with Gasteiger partial charge in [-0.05, 0) is 6.42 Å². The first-order valence-electron chi connectivity index (χ1n) is 7.92. The summed E-state index contributed by atoms with van der Waals surface area (Å²) in [7, 11) is 0. The molecule has 0 radical (unpaired) electrons. The number of hydrogen-bond acceptors (Lipinski definition) is 7. The minimum Gasteiger partial charge on any atom is -0.424 e. The first-order chi connectivity index (χ1) is 11.7. The lowest BCUT2D eigenvalue weighted by atomic mass is 10.3. The van der Waals surface area contributed by atoms with Gasteiger partial charge in [0, 0.05) is 50.9 Å². The van der Waals surface area contributed by atoms with Crippen molar-refractivity contribution < 1.29 is 9.21 Å². The zero-order chi connectivity index (χ0) is 16.5. The molecule has 0 aromatic carbocycles. The minimum atomic E-state index is 0.00128. The molecular weight excluding hydrogens is 328 g/mol. The molecule has 0 spiro atoms. The van der Waals surface area contributed by atoms with Crippen LogP contribution in [0, 0.1) is 6.92 Å². The van der Waals surface area contributed by atoms with Crippen molar-refractivity contribution >= 4 is 22.2 Å². The van der Waals surface area contributed by atoms with E-state index in [1.54, 1.807) is 13.1 Å². The highest BCUT2D eigenvalue weighted by atomic mass is 32.1. The normalized spacial score (nSPS) is 16.6. The number of thiazole rings is 1. The van der Waals surface area contributed by atoms with Crippen molar-refractivity contribution in [1.29, 1.82) is 0 Å². The van der Waals surface area contributed by atoms with Crippen LogP contribution in [0.25, 0.3) is 4.96 Å². The first-order valence-corrected chi connectivity index (χ1v) is 8.80. The number of amides is 1. The Bertz CT molecular complexity index is 825. The Morgan fingerprint density at radius 1 is 1.29 bits per heavy atom. The topological polar surface area (TPSA) is 79.8 Å². The number of imidazole rings is 1. The van der Waals surface area contributed by atoms with Crippen LogP contribution in [0.15, 0.2) is 22.2 Å². The average molecular weight is 346 g/mol. The van der Waals surface area contributed by atoms with Crippen molar-refractivity contribution in [2.45, 2.75) is 19.9 Å². The second-order valence-electron chi connectivity index (χ2n) is 5.86. The van der Waals surface area contributed by atoms with E-state index in [-0.39, 0.29) is 5.91 Å². The molecule has 3 aromatic rings. The molecule has 8 nitrogen and oxygen atoms in total. The molecule has 0 aliphatic carbocycles. The summed E-state index contributed by atoms with van der Waals surface area (Å²) in [4.78, 5) is 22.1. The number of aromatic nitrogens is 4. The molecule has 0 atom stereocenters. The van der Waals surface area contributed by atoms with Crippen molar-refractivity contribution in [1.82, 2.24) is 29.4 Å². The summed E-state index contributed by atoms with van der Waals surface area (Å²) in [5.41, 5.74) is 0.517. The molecule has 126 valence electrons. The predicted octanol–water partition coefficient (Wildman–Crippen LogP) is 1.44. The van der Waals surface area contributed by atoms with Crippen LogP contribution >= 0.6 is 11.3 Å². The number of hydrogen-bond donors (Lipinski definition) is 0. The van der Waals surface area contributed by atoms with E-state index >= 15 is 0 Å². The van der Waals surface area contributed by atoms with Gasteiger partial charge < -0.3 is 9.32 Å². The molecule has 9 heteroatoms. The summed E-state index contributed by atoms with van der Waals surface area (Å²) in [5.74, 6) is 1.21. The van der Waals surface area contributed by atoms with E-state index in [1.165, 1.54) is 11.3 Å². The molecule has 4 rings (SSSR count). The molecule has 0 unspecified atom stereocenters. The molecule has 1 amide bonds. The Labute approximate surface area is 142 Å². The van der Waals surface area contributed by atoms with Crippen LogP contribution in [0.4, 0.5) is 0 Å². The van der Waals surface area contributed by atoms with Crippen LogP contribution in [0.5, 0.6) is 0 Å². The molecule has 1 fully saturated rings. The van der Waals surface area contributed by atoms with Crippen LogP contribution in [0.2, 0.25) is 0 Å². The van der Waals surface area contributed by atoms with Gasteiger partial charge in [0.1, 0.15) is 5.69 Å². The monoisotopic (exact) mass is 346 g/mol. The maximum atomic E-state index is 12.7. The maximum Gasteiger partial charge on any atom is 0.274 e. The molecule has 3 aromatic heterocycles. The van der Waals surface area contributed by atoms with E-state index in [1.807, 2.05) is 20.9 Å². The summed E-state index contributed by atoms with van der Waals surface area (Å²) in [5, 5.41) is 9.85. The summed E-state index contributed by atoms with van der Waals surface area (Å²) in [6.07, 6.45) is 4.64. The molecule has 1 aliphatic heterocycles. The summed E-state index contributed by atoms with van der Waals surface area (Å²) >= 11 is 1.53. The van der Waals surface area contributed by atoms with Gasteiger partial charge in [-0.25, -0.2) is 4.98 Å². The Balaban J connectivity index is 1.40. The Kier molecular flexibility index (Phi) is 4.03. The van der Waals surface area contributed by atoms with Crippen LogP contribution < -0.4 is 0 Å². The van der Waals surface area contributed by atoms with Gasteiger partial charge in [0.2, 0.25) is 11.8 Å². The van der Waals surface area contributed by atoms with Gasteiger partial charge in [-0.3, -0.25) is 14.1 Å². The Morgan fingerprint density at radius 2 is 2.21 bits per heavy atom. The number of rotatable bonds is 3. The maximum absolute atomic E-state index is 12.7. The van der Waals surface area contributed by atoms with Gasteiger partial charge in [0.05, 0.1) is 6.54 Å². The van der Waals surface area contributed by atoms with E-state index in [0.29, 0.717) is 30.6 Å². The fourth-order valence-electron chi connectivity index (χ4n) is 2.92. The fourth-order valence-corrected chi connectivity index (χ4v) is 3.62. The van der Waals surface area contributed by atoms with Crippen LogP contribution in [-0.4, -0.2) is 61.5 Å². The fraction of sp³-hybridized carbons (Fsp3) is 0.467. The zero-order valence-corrected chi connectivity index (χ0v) is 14.2. The summed E-state index contributed by atoms with van der Waals surface area (Å²) in [6, 6.07) is 0. The summed E-state index contributed by atoms with van der Waals surface area (Å²) < 4.78 is 7.33. The molecule has 4 heterocycles. The molecule has 0 saturated carbocycles. The molecule has 0 bridgehead atoms. The highest BCUT2D eigenvalue weighted by Crippen LogP contribution is 2.15. The van der Waals surface area contributed by atoms with Crippen molar-refractivity contribution in [2.75, 3.05) is 26.2 Å². The second kappa shape index (κ2) is 6.33. The third-order valence-corrected chi connectivity index (χ3v) is 4.89. The molecule has 1 aliphatic rings. The largest absolute Gasteiger partial charge is 0.424 e. The molecular formula is C15H18N6O2S. The Hall–Kier alpha value is -2.26. The van der Waals surface area contributed by atoms with Crippen molar-refractivity contribution in [3.8, 4) is 0 Å². The van der Waals surface area contributed by atoms with Crippen LogP contribution in [-0.2, 0) is 6.54 Å². The quantitative estimate of drug-likeness (QED) is 0.714. The van der Waals surface area contributed by atoms with Crippen molar-refractivity contribution in [2.24, 2.45) is 0 Å². The van der Waals surface area contributed by atoms with Crippen LogP contribution in [0.1, 0.15) is 28.7 Å². The number of fused-ring (bicyclic) bond motifs is 1. The minimum absolute atomic E-state index is 0.00128. The van der Waals surface area contributed by atoms with Gasteiger partial charge >= 0.3 is 0 Å². The van der Waals surface area contributed by atoms with Gasteiger partial charge in [-0.2, -0.15) is 0 Å². The van der Waals surface area contributed by atoms with Gasteiger partial charge in [0.15, 0.2) is 4.96 Å². The number of nitrogens with zero attached hydrogens (tertiary/aromatic N) is 6. The number of carbonyl (C=O) groups excluding carboxylic acids is 1. The van der Waals surface area contributed by atoms with Crippen molar-refractivity contribution in [3.05, 3.63) is 35.2 Å². The van der Waals surface area contributed by atoms with Gasteiger partial charge in [-0.15, -0.1) is 21.5 Å². The lowest BCUT2D eigenvalue weighted by molar-refractivity contribution is 0.0755. The SMILES string of the molecule is Cc1nnc(CN2CCCN(C(=O)c3cn4ccsc4n3)CC2)o1. The van der Waals surface area contributed by atoms with Crippen LogP contribution in [0.3, 0.4) is 0 Å². The summed E-state index contributed by atoms with van der Waals surface area (Å²) in [6.45, 7) is 5.53. The first kappa shape index (κ1) is 15.3. The lowest BCUT2D eigenvalue weighted by Crippen LogP contribution is -2.35. The highest BCUT2D eigenvalue weighted by Gasteiger charge is 2.23. The lowest BCUT2D eigenvalue weighted by Gasteiger charge is -2.20. The third kappa shape index (κ3) is 3.04. The number of carbonyl (C=O) groups is 1. The van der Waals surface area contributed by atoms with Gasteiger partial charge in [-0.1, -0.05) is 0 Å². The van der Waals surface area contributed by atoms with E-state index < -0.39 is 0 Å². The van der Waals surface area contributed by atoms with E-state index in [9.17, 15) is 4.79 Å². The average Bonchev–Trinajstić information content (AvgIpc) is 3.21. The van der Waals surface area contributed by atoms with E-state index in [0.717, 1.165) is 31.0 Å². The smallest absolute Gasteiger partial charge is 0.274 e. The van der Waals surface area contributed by atoms with E-state index in [4.69, 9.17) is 4.42 Å². The standard InChI is InChI=1S/C15H18N6O2S/c1-11-17-18-13(23-11)10-19-3-2-4-20(6-5-19)14(22)12-9-21-7-8-24-15(21)16-12/h7-9H,2-6,10H2,1H3. The van der Waals surface area contributed by atoms with Gasteiger partial charge in [0.25, 0.3) is 5.91 Å².